The van der Waals surface area contributed by atoms with Gasteiger partial charge in [0, 0.05) is 17.5 Å². The van der Waals surface area contributed by atoms with Crippen LogP contribution in [0.25, 0.3) is 22.4 Å². The van der Waals surface area contributed by atoms with Gasteiger partial charge in [0.15, 0.2) is 5.16 Å². The van der Waals surface area contributed by atoms with Crippen molar-refractivity contribution in [3.63, 3.8) is 0 Å². The van der Waals surface area contributed by atoms with Crippen molar-refractivity contribution in [2.24, 2.45) is 0 Å². The number of rotatable bonds is 6. The van der Waals surface area contributed by atoms with E-state index in [0.717, 1.165) is 21.8 Å². The minimum absolute atomic E-state index is 0.441. The normalized spacial score (nSPS) is 11.0. The lowest BCUT2D eigenvalue weighted by atomic mass is 10.3. The zero-order chi connectivity index (χ0) is 17.1. The number of fused-ring (bicyclic) bond motifs is 1. The molecule has 0 unspecified atom stereocenters. The number of hydrogen-bond acceptors (Lipinski definition) is 7. The quantitative estimate of drug-likeness (QED) is 0.471. The Balaban J connectivity index is 1.55. The first-order valence-corrected chi connectivity index (χ1v) is 9.58. The second-order valence-corrected chi connectivity index (χ2v) is 6.98. The molecular weight excluding hydrogens is 354 g/mol. The Hall–Kier alpha value is -2.63. The molecule has 0 aliphatic rings. The number of hydrogen-bond donors (Lipinski definition) is 0. The van der Waals surface area contributed by atoms with Crippen molar-refractivity contribution >= 4 is 34.1 Å². The summed E-state index contributed by atoms with van der Waals surface area (Å²) in [5, 5.41) is 17.8. The number of aromatic nitrogens is 4. The molecule has 8 heteroatoms. The molecule has 0 aliphatic carbocycles. The molecule has 0 atom stereocenters. The highest BCUT2D eigenvalue weighted by Crippen LogP contribution is 2.27. The van der Waals surface area contributed by atoms with E-state index in [4.69, 9.17) is 9.78 Å². The molecule has 124 valence electrons. The molecule has 0 N–H and O–H groups in total. The first-order chi connectivity index (χ1) is 12.3. The predicted octanol–water partition coefficient (Wildman–Crippen LogP) is 4.35. The molecule has 0 saturated carbocycles. The molecule has 6 nitrogen and oxygen atoms in total. The Morgan fingerprint density at radius 2 is 2.16 bits per heavy atom. The van der Waals surface area contributed by atoms with E-state index >= 15 is 0 Å². The lowest BCUT2D eigenvalue weighted by Gasteiger charge is -2.05. The second kappa shape index (κ2) is 7.09. The number of nitriles is 1. The number of thioether (sulfide) groups is 1. The topological polar surface area (TPSA) is 80.5 Å². The standard InChI is InChI=1S/C17H13N5OS2/c18-7-3-8-22-14-5-2-1-4-13(14)19-17(22)25-11-15-20-16(21-23-15)12-6-9-24-10-12/h1-2,4-6,9-10H,3,8,11H2. The number of nitrogens with zero attached hydrogens (tertiary/aromatic N) is 5. The van der Waals surface area contributed by atoms with Crippen LogP contribution in [0.4, 0.5) is 0 Å². The number of benzene rings is 1. The Morgan fingerprint density at radius 1 is 1.24 bits per heavy atom. The van der Waals surface area contributed by atoms with Crippen LogP contribution in [0, 0.1) is 11.3 Å². The van der Waals surface area contributed by atoms with Crippen LogP contribution in [-0.4, -0.2) is 19.7 Å². The van der Waals surface area contributed by atoms with E-state index < -0.39 is 0 Å². The first kappa shape index (κ1) is 15.9. The molecule has 0 aliphatic heterocycles. The van der Waals surface area contributed by atoms with Gasteiger partial charge in [-0.15, -0.1) is 0 Å². The summed E-state index contributed by atoms with van der Waals surface area (Å²) in [6, 6.07) is 12.1. The highest BCUT2D eigenvalue weighted by Gasteiger charge is 2.14. The molecule has 0 fully saturated rings. The maximum absolute atomic E-state index is 8.91. The van der Waals surface area contributed by atoms with Crippen molar-refractivity contribution in [2.75, 3.05) is 0 Å². The molecule has 25 heavy (non-hydrogen) atoms. The summed E-state index contributed by atoms with van der Waals surface area (Å²) in [6.45, 7) is 0.614. The van der Waals surface area contributed by atoms with E-state index in [9.17, 15) is 0 Å². The van der Waals surface area contributed by atoms with Crippen LogP contribution in [0.2, 0.25) is 0 Å². The van der Waals surface area contributed by atoms with Gasteiger partial charge in [-0.1, -0.05) is 29.1 Å². The van der Waals surface area contributed by atoms with Crippen LogP contribution in [0.5, 0.6) is 0 Å². The minimum Gasteiger partial charge on any atom is -0.338 e. The Morgan fingerprint density at radius 3 is 3.00 bits per heavy atom. The van der Waals surface area contributed by atoms with Crippen LogP contribution < -0.4 is 0 Å². The predicted molar refractivity (Wildman–Crippen MR) is 97.1 cm³/mol. The van der Waals surface area contributed by atoms with Crippen LogP contribution in [0.3, 0.4) is 0 Å². The van der Waals surface area contributed by atoms with Crippen molar-refractivity contribution in [3.05, 3.63) is 47.0 Å². The monoisotopic (exact) mass is 367 g/mol. The molecule has 0 radical (unpaired) electrons. The average Bonchev–Trinajstić information content (AvgIpc) is 3.36. The van der Waals surface area contributed by atoms with Gasteiger partial charge in [-0.25, -0.2) is 4.98 Å². The molecule has 4 aromatic rings. The second-order valence-electron chi connectivity index (χ2n) is 5.26. The molecule has 3 heterocycles. The Kier molecular flexibility index (Phi) is 4.50. The lowest BCUT2D eigenvalue weighted by Crippen LogP contribution is -1.99. The van der Waals surface area contributed by atoms with Crippen LogP contribution in [0.1, 0.15) is 12.3 Å². The van der Waals surface area contributed by atoms with Crippen LogP contribution in [-0.2, 0) is 12.3 Å². The smallest absolute Gasteiger partial charge is 0.237 e. The van der Waals surface area contributed by atoms with Crippen molar-refractivity contribution in [1.82, 2.24) is 19.7 Å². The van der Waals surface area contributed by atoms with Gasteiger partial charge in [-0.3, -0.25) is 0 Å². The van der Waals surface area contributed by atoms with Gasteiger partial charge in [-0.05, 0) is 23.6 Å². The lowest BCUT2D eigenvalue weighted by molar-refractivity contribution is 0.391. The zero-order valence-electron chi connectivity index (χ0n) is 13.1. The van der Waals surface area contributed by atoms with Gasteiger partial charge < -0.3 is 9.09 Å². The molecule has 1 aromatic carbocycles. The van der Waals surface area contributed by atoms with E-state index in [1.54, 1.807) is 11.3 Å². The van der Waals surface area contributed by atoms with Crippen LogP contribution >= 0.6 is 23.1 Å². The van der Waals surface area contributed by atoms with E-state index in [0.29, 0.717) is 30.4 Å². The summed E-state index contributed by atoms with van der Waals surface area (Å²) in [6.07, 6.45) is 0.441. The summed E-state index contributed by atoms with van der Waals surface area (Å²) < 4.78 is 7.41. The maximum Gasteiger partial charge on any atom is 0.237 e. The summed E-state index contributed by atoms with van der Waals surface area (Å²) in [5.74, 6) is 1.70. The van der Waals surface area contributed by atoms with Gasteiger partial charge in [0.2, 0.25) is 11.7 Å². The van der Waals surface area contributed by atoms with Crippen molar-refractivity contribution in [3.8, 4) is 17.5 Å². The number of aryl methyl sites for hydroxylation is 1. The van der Waals surface area contributed by atoms with Crippen molar-refractivity contribution in [2.45, 2.75) is 23.9 Å². The Labute approximate surface area is 152 Å². The summed E-state index contributed by atoms with van der Waals surface area (Å²) in [4.78, 5) is 9.10. The third-order valence-electron chi connectivity index (χ3n) is 3.64. The van der Waals surface area contributed by atoms with Crippen molar-refractivity contribution in [1.29, 1.82) is 5.26 Å². The van der Waals surface area contributed by atoms with E-state index in [2.05, 4.69) is 25.8 Å². The molecule has 4 rings (SSSR count). The fourth-order valence-corrected chi connectivity index (χ4v) is 4.00. The highest BCUT2D eigenvalue weighted by molar-refractivity contribution is 7.98. The largest absolute Gasteiger partial charge is 0.338 e. The number of para-hydroxylation sites is 2. The fraction of sp³-hybridized carbons (Fsp3) is 0.176. The molecule has 0 saturated heterocycles. The summed E-state index contributed by atoms with van der Waals surface area (Å²) in [7, 11) is 0. The van der Waals surface area contributed by atoms with Gasteiger partial charge in [0.05, 0.1) is 29.3 Å². The molecular formula is C17H13N5OS2. The highest BCUT2D eigenvalue weighted by atomic mass is 32.2. The molecule has 0 bridgehead atoms. The molecule has 0 amide bonds. The SMILES string of the molecule is N#CCCn1c(SCc2nc(-c3ccsc3)no2)nc2ccccc21. The van der Waals surface area contributed by atoms with Gasteiger partial charge in [-0.2, -0.15) is 21.6 Å². The first-order valence-electron chi connectivity index (χ1n) is 7.65. The summed E-state index contributed by atoms with van der Waals surface area (Å²) >= 11 is 3.13. The van der Waals surface area contributed by atoms with Gasteiger partial charge in [0.1, 0.15) is 0 Å². The number of thiophene rings is 1. The maximum atomic E-state index is 8.91. The zero-order valence-corrected chi connectivity index (χ0v) is 14.8. The third-order valence-corrected chi connectivity index (χ3v) is 5.28. The summed E-state index contributed by atoms with van der Waals surface area (Å²) in [5.41, 5.74) is 2.92. The van der Waals surface area contributed by atoms with E-state index in [1.807, 2.05) is 41.1 Å². The fourth-order valence-electron chi connectivity index (χ4n) is 2.49. The van der Waals surface area contributed by atoms with E-state index in [1.165, 1.54) is 11.8 Å². The minimum atomic E-state index is 0.441. The number of imidazole rings is 1. The van der Waals surface area contributed by atoms with E-state index in [-0.39, 0.29) is 0 Å². The van der Waals surface area contributed by atoms with Crippen molar-refractivity contribution < 1.29 is 4.52 Å². The van der Waals surface area contributed by atoms with Gasteiger partial charge in [0.25, 0.3) is 0 Å². The third kappa shape index (κ3) is 3.29. The Bertz CT molecular complexity index is 1030. The van der Waals surface area contributed by atoms with Gasteiger partial charge >= 0.3 is 0 Å². The average molecular weight is 367 g/mol. The van der Waals surface area contributed by atoms with Crippen LogP contribution in [0.15, 0.2) is 50.8 Å². The molecule has 0 spiro atoms. The molecule has 3 aromatic heterocycles.